The highest BCUT2D eigenvalue weighted by atomic mass is 35.5. The zero-order valence-electron chi connectivity index (χ0n) is 5.43. The first-order valence-corrected chi connectivity index (χ1v) is 3.37. The molecule has 0 fully saturated rings. The fourth-order valence-corrected chi connectivity index (χ4v) is 0.628. The number of alkyl halides is 1. The van der Waals surface area contributed by atoms with Crippen LogP contribution in [0, 0.1) is 0 Å². The molecule has 0 saturated carbocycles. The van der Waals surface area contributed by atoms with Crippen LogP contribution >= 0.6 is 11.6 Å². The molecule has 0 saturated heterocycles. The van der Waals surface area contributed by atoms with Crippen LogP contribution in [-0.2, 0) is 4.79 Å². The second-order valence-electron chi connectivity index (χ2n) is 1.94. The number of carbonyl (C=O) groups excluding carboxylic acids is 1. The van der Waals surface area contributed by atoms with Crippen LogP contribution in [0.3, 0.4) is 0 Å². The van der Waals surface area contributed by atoms with Gasteiger partial charge in [-0.3, -0.25) is 4.79 Å². The van der Waals surface area contributed by atoms with Crippen LogP contribution in [0.5, 0.6) is 0 Å². The van der Waals surface area contributed by atoms with E-state index in [0.29, 0.717) is 12.8 Å². The van der Waals surface area contributed by atoms with Gasteiger partial charge >= 0.3 is 0 Å². The summed E-state index contributed by atoms with van der Waals surface area (Å²) in [6.07, 6.45) is 1.18. The molecular formula is C6H11ClO2. The summed E-state index contributed by atoms with van der Waals surface area (Å²) in [5.74, 6) is -0.0230. The molecule has 0 aliphatic rings. The Morgan fingerprint density at radius 3 is 2.67 bits per heavy atom. The lowest BCUT2D eigenvalue weighted by Crippen LogP contribution is -2.10. The monoisotopic (exact) mass is 150 g/mol. The maximum atomic E-state index is 10.4. The van der Waals surface area contributed by atoms with E-state index in [1.807, 2.05) is 0 Å². The highest BCUT2D eigenvalue weighted by molar-refractivity contribution is 6.30. The van der Waals surface area contributed by atoms with Gasteiger partial charge in [-0.1, -0.05) is 0 Å². The number of halogens is 1. The molecule has 0 spiro atoms. The number of ketones is 1. The van der Waals surface area contributed by atoms with Crippen LogP contribution in [0.1, 0.15) is 19.8 Å². The zero-order chi connectivity index (χ0) is 7.28. The summed E-state index contributed by atoms with van der Waals surface area (Å²) < 4.78 is 0. The predicted octanol–water partition coefficient (Wildman–Crippen LogP) is 0.955. The van der Waals surface area contributed by atoms with Crippen LogP contribution in [0.2, 0.25) is 0 Å². The van der Waals surface area contributed by atoms with Crippen molar-refractivity contribution in [1.82, 2.24) is 0 Å². The summed E-state index contributed by atoms with van der Waals surface area (Å²) in [4.78, 5) is 10.4. The van der Waals surface area contributed by atoms with Gasteiger partial charge in [-0.05, 0) is 19.8 Å². The third kappa shape index (κ3) is 4.43. The van der Waals surface area contributed by atoms with Gasteiger partial charge < -0.3 is 5.11 Å². The fraction of sp³-hybridized carbons (Fsp3) is 0.833. The molecule has 1 atom stereocenters. The Morgan fingerprint density at radius 1 is 1.78 bits per heavy atom. The van der Waals surface area contributed by atoms with Crippen molar-refractivity contribution in [3.05, 3.63) is 0 Å². The first-order valence-electron chi connectivity index (χ1n) is 2.94. The number of Topliss-reactive ketones (excluding diaryl/α,β-unsaturated/α-hetero) is 1. The van der Waals surface area contributed by atoms with E-state index in [2.05, 4.69) is 0 Å². The van der Waals surface area contributed by atoms with Crippen LogP contribution < -0.4 is 0 Å². The lowest BCUT2D eigenvalue weighted by atomic mass is 10.2. The number of aliphatic hydroxyl groups excluding tert-OH is 1. The molecule has 0 aromatic heterocycles. The van der Waals surface area contributed by atoms with Crippen molar-refractivity contribution in [2.24, 2.45) is 0 Å². The maximum Gasteiger partial charge on any atom is 0.147 e. The summed E-state index contributed by atoms with van der Waals surface area (Å²) in [7, 11) is 0. The topological polar surface area (TPSA) is 37.3 Å². The number of rotatable bonds is 4. The summed E-state index contributed by atoms with van der Waals surface area (Å²) in [6, 6.07) is 0. The second-order valence-corrected chi connectivity index (χ2v) is 2.47. The molecule has 0 amide bonds. The molecule has 54 valence electrons. The Morgan fingerprint density at radius 2 is 2.33 bits per heavy atom. The van der Waals surface area contributed by atoms with Crippen LogP contribution in [0.15, 0.2) is 0 Å². The van der Waals surface area contributed by atoms with E-state index in [0.717, 1.165) is 0 Å². The molecule has 9 heavy (non-hydrogen) atoms. The molecule has 0 heterocycles. The number of hydrogen-bond acceptors (Lipinski definition) is 2. The van der Waals surface area contributed by atoms with Gasteiger partial charge in [-0.25, -0.2) is 0 Å². The predicted molar refractivity (Wildman–Crippen MR) is 36.6 cm³/mol. The summed E-state index contributed by atoms with van der Waals surface area (Å²) >= 11 is 5.53. The Bertz CT molecular complexity index is 93.1. The number of carbonyl (C=O) groups is 1. The first-order chi connectivity index (χ1) is 4.18. The molecule has 0 aliphatic carbocycles. The van der Waals surface area contributed by atoms with E-state index in [4.69, 9.17) is 16.7 Å². The van der Waals surface area contributed by atoms with E-state index in [1.165, 1.54) is 6.92 Å². The zero-order valence-corrected chi connectivity index (χ0v) is 6.19. The van der Waals surface area contributed by atoms with Gasteiger partial charge in [0.15, 0.2) is 0 Å². The molecule has 2 nitrogen and oxygen atoms in total. The lowest BCUT2D eigenvalue weighted by molar-refractivity contribution is -0.116. The molecule has 1 unspecified atom stereocenters. The quantitative estimate of drug-likeness (QED) is 0.606. The molecule has 0 rings (SSSR count). The largest absolute Gasteiger partial charge is 0.396 e. The van der Waals surface area contributed by atoms with Crippen molar-refractivity contribution >= 4 is 17.4 Å². The standard InChI is InChI=1S/C6H11ClO2/c1-5(9)6(7)3-2-4-8/h6,8H,2-4H2,1H3. The van der Waals surface area contributed by atoms with Crippen molar-refractivity contribution in [3.8, 4) is 0 Å². The normalized spacial score (nSPS) is 13.2. The van der Waals surface area contributed by atoms with Gasteiger partial charge in [0, 0.05) is 6.61 Å². The van der Waals surface area contributed by atoms with Crippen molar-refractivity contribution in [1.29, 1.82) is 0 Å². The lowest BCUT2D eigenvalue weighted by Gasteiger charge is -2.01. The summed E-state index contributed by atoms with van der Waals surface area (Å²) in [5, 5.41) is 7.92. The molecule has 3 heteroatoms. The second kappa shape index (κ2) is 4.77. The van der Waals surface area contributed by atoms with Crippen molar-refractivity contribution in [2.75, 3.05) is 6.61 Å². The summed E-state index contributed by atoms with van der Waals surface area (Å²) in [5.41, 5.74) is 0. The average Bonchev–Trinajstić information content (AvgIpc) is 1.82. The Labute approximate surface area is 59.8 Å². The third-order valence-electron chi connectivity index (χ3n) is 1.06. The van der Waals surface area contributed by atoms with Gasteiger partial charge in [0.2, 0.25) is 0 Å². The molecule has 0 aromatic rings. The van der Waals surface area contributed by atoms with Crippen LogP contribution in [0.25, 0.3) is 0 Å². The third-order valence-corrected chi connectivity index (χ3v) is 1.58. The van der Waals surface area contributed by atoms with Crippen LogP contribution in [-0.4, -0.2) is 22.9 Å². The van der Waals surface area contributed by atoms with Gasteiger partial charge in [-0.2, -0.15) is 0 Å². The van der Waals surface area contributed by atoms with E-state index in [-0.39, 0.29) is 12.4 Å². The van der Waals surface area contributed by atoms with Crippen molar-refractivity contribution in [3.63, 3.8) is 0 Å². The Hall–Kier alpha value is -0.0800. The minimum atomic E-state index is -0.405. The maximum absolute atomic E-state index is 10.4. The molecule has 0 aliphatic heterocycles. The fourth-order valence-electron chi connectivity index (χ4n) is 0.474. The smallest absolute Gasteiger partial charge is 0.147 e. The molecule has 0 aromatic carbocycles. The minimum Gasteiger partial charge on any atom is -0.396 e. The Kier molecular flexibility index (Phi) is 4.72. The van der Waals surface area contributed by atoms with Crippen molar-refractivity contribution in [2.45, 2.75) is 25.1 Å². The van der Waals surface area contributed by atoms with Crippen molar-refractivity contribution < 1.29 is 9.90 Å². The number of hydrogen-bond donors (Lipinski definition) is 1. The molecule has 0 radical (unpaired) electrons. The Balaban J connectivity index is 3.27. The van der Waals surface area contributed by atoms with Gasteiger partial charge in [0.05, 0.1) is 5.38 Å². The van der Waals surface area contributed by atoms with Gasteiger partial charge in [0.1, 0.15) is 5.78 Å². The molecule has 0 bridgehead atoms. The highest BCUT2D eigenvalue weighted by Gasteiger charge is 2.07. The SMILES string of the molecule is CC(=O)C(Cl)CCCO. The molecular weight excluding hydrogens is 140 g/mol. The van der Waals surface area contributed by atoms with E-state index >= 15 is 0 Å². The number of aliphatic hydroxyl groups is 1. The van der Waals surface area contributed by atoms with E-state index in [1.54, 1.807) is 0 Å². The van der Waals surface area contributed by atoms with Gasteiger partial charge in [-0.15, -0.1) is 11.6 Å². The summed E-state index contributed by atoms with van der Waals surface area (Å²) in [6.45, 7) is 1.56. The highest BCUT2D eigenvalue weighted by Crippen LogP contribution is 2.05. The minimum absolute atomic E-state index is 0.0230. The van der Waals surface area contributed by atoms with Gasteiger partial charge in [0.25, 0.3) is 0 Å². The first kappa shape index (κ1) is 8.92. The van der Waals surface area contributed by atoms with E-state index in [9.17, 15) is 4.79 Å². The molecule has 1 N–H and O–H groups in total. The van der Waals surface area contributed by atoms with E-state index < -0.39 is 5.38 Å². The average molecular weight is 151 g/mol. The van der Waals surface area contributed by atoms with Crippen LogP contribution in [0.4, 0.5) is 0 Å².